The van der Waals surface area contributed by atoms with Crippen LogP contribution in [0.4, 0.5) is 11.6 Å². The van der Waals surface area contributed by atoms with Crippen LogP contribution < -0.4 is 10.6 Å². The molecule has 0 unspecified atom stereocenters. The van der Waals surface area contributed by atoms with Crippen molar-refractivity contribution in [3.8, 4) is 0 Å². The summed E-state index contributed by atoms with van der Waals surface area (Å²) in [6.45, 7) is 1.22. The van der Waals surface area contributed by atoms with Crippen LogP contribution in [0.3, 0.4) is 0 Å². The van der Waals surface area contributed by atoms with Crippen LogP contribution in [0.15, 0.2) is 89.7 Å². The Balaban J connectivity index is 1.23. The second kappa shape index (κ2) is 9.97. The van der Waals surface area contributed by atoms with Crippen molar-refractivity contribution in [1.82, 2.24) is 19.6 Å². The zero-order valence-corrected chi connectivity index (χ0v) is 21.1. The zero-order valence-electron chi connectivity index (χ0n) is 18.0. The molecule has 3 aromatic carbocycles. The van der Waals surface area contributed by atoms with E-state index >= 15 is 0 Å². The molecule has 6 nitrogen and oxygen atoms in total. The highest BCUT2D eigenvalue weighted by Crippen LogP contribution is 2.23. The highest BCUT2D eigenvalue weighted by Gasteiger charge is 2.11. The lowest BCUT2D eigenvalue weighted by atomic mass is 10.0. The third kappa shape index (κ3) is 5.14. The van der Waals surface area contributed by atoms with E-state index in [1.54, 1.807) is 4.68 Å². The standard InChI is InChI=1S/C25H20BrClN6S/c26-21-16-33(15-19-7-2-4-11-22(19)27)31-24(21)29-25(34)28-23-12-13-32(30-23)14-18-9-5-8-17-6-1-3-10-20(17)18/h1-13,16H,14-15H2,(H2,28,29,30,31,34). The number of anilines is 2. The summed E-state index contributed by atoms with van der Waals surface area (Å²) < 4.78 is 4.49. The van der Waals surface area contributed by atoms with Crippen molar-refractivity contribution in [2.45, 2.75) is 13.1 Å². The summed E-state index contributed by atoms with van der Waals surface area (Å²) in [5.74, 6) is 1.27. The van der Waals surface area contributed by atoms with Gasteiger partial charge in [-0.25, -0.2) is 0 Å². The van der Waals surface area contributed by atoms with Gasteiger partial charge in [0, 0.05) is 23.5 Å². The largest absolute Gasteiger partial charge is 0.316 e. The van der Waals surface area contributed by atoms with Crippen LogP contribution in [0.25, 0.3) is 10.8 Å². The van der Waals surface area contributed by atoms with Gasteiger partial charge in [-0.15, -0.1) is 0 Å². The van der Waals surface area contributed by atoms with Crippen molar-refractivity contribution in [3.05, 3.63) is 106 Å². The number of halogens is 2. The van der Waals surface area contributed by atoms with Gasteiger partial charge in [0.2, 0.25) is 0 Å². The summed E-state index contributed by atoms with van der Waals surface area (Å²) in [6, 6.07) is 24.3. The third-order valence-corrected chi connectivity index (χ3v) is 6.49. The van der Waals surface area contributed by atoms with Gasteiger partial charge in [-0.3, -0.25) is 9.36 Å². The highest BCUT2D eigenvalue weighted by molar-refractivity contribution is 9.10. The topological polar surface area (TPSA) is 59.7 Å². The first-order valence-corrected chi connectivity index (χ1v) is 12.2. The van der Waals surface area contributed by atoms with E-state index in [1.165, 1.54) is 16.3 Å². The summed E-state index contributed by atoms with van der Waals surface area (Å²) >= 11 is 15.3. The maximum Gasteiger partial charge on any atom is 0.177 e. The maximum absolute atomic E-state index is 6.27. The molecule has 2 heterocycles. The van der Waals surface area contributed by atoms with Gasteiger partial charge < -0.3 is 10.6 Å². The van der Waals surface area contributed by atoms with Gasteiger partial charge in [0.1, 0.15) is 0 Å². The first kappa shape index (κ1) is 22.6. The molecule has 34 heavy (non-hydrogen) atoms. The van der Waals surface area contributed by atoms with E-state index in [1.807, 2.05) is 53.5 Å². The molecule has 5 rings (SSSR count). The average Bonchev–Trinajstić information content (AvgIpc) is 3.41. The SMILES string of the molecule is S=C(Nc1ccn(Cc2cccc3ccccc23)n1)Nc1nn(Cc2ccccc2Cl)cc1Br. The Morgan fingerprint density at radius 3 is 2.47 bits per heavy atom. The summed E-state index contributed by atoms with van der Waals surface area (Å²) in [5, 5.41) is 19.0. The average molecular weight is 552 g/mol. The van der Waals surface area contributed by atoms with Crippen molar-refractivity contribution < 1.29 is 0 Å². The van der Waals surface area contributed by atoms with Crippen LogP contribution in [0.1, 0.15) is 11.1 Å². The lowest BCUT2D eigenvalue weighted by molar-refractivity contribution is 0.689. The number of rotatable bonds is 6. The summed E-state index contributed by atoms with van der Waals surface area (Å²) in [5.41, 5.74) is 2.20. The number of nitrogens with zero attached hydrogens (tertiary/aromatic N) is 4. The smallest absolute Gasteiger partial charge is 0.177 e. The number of fused-ring (bicyclic) bond motifs is 1. The maximum atomic E-state index is 6.27. The van der Waals surface area contributed by atoms with Gasteiger partial charge >= 0.3 is 0 Å². The molecule has 0 saturated carbocycles. The van der Waals surface area contributed by atoms with Crippen LogP contribution in [-0.4, -0.2) is 24.7 Å². The van der Waals surface area contributed by atoms with Gasteiger partial charge in [-0.2, -0.15) is 10.2 Å². The third-order valence-electron chi connectivity index (χ3n) is 5.33. The van der Waals surface area contributed by atoms with Gasteiger partial charge in [0.25, 0.3) is 0 Å². The number of hydrogen-bond donors (Lipinski definition) is 2. The predicted octanol–water partition coefficient (Wildman–Crippen LogP) is 6.55. The molecule has 5 aromatic rings. The molecule has 170 valence electrons. The number of benzene rings is 3. The van der Waals surface area contributed by atoms with Crippen molar-refractivity contribution in [1.29, 1.82) is 0 Å². The molecular formula is C25H20BrClN6S. The van der Waals surface area contributed by atoms with E-state index in [4.69, 9.17) is 23.8 Å². The first-order valence-electron chi connectivity index (χ1n) is 10.6. The fourth-order valence-electron chi connectivity index (χ4n) is 3.74. The fourth-order valence-corrected chi connectivity index (χ4v) is 4.55. The molecule has 0 atom stereocenters. The molecule has 0 bridgehead atoms. The lowest BCUT2D eigenvalue weighted by Crippen LogP contribution is -2.20. The minimum Gasteiger partial charge on any atom is -0.316 e. The summed E-state index contributed by atoms with van der Waals surface area (Å²) in [7, 11) is 0. The minimum absolute atomic E-state index is 0.402. The van der Waals surface area contributed by atoms with E-state index in [9.17, 15) is 0 Å². The number of nitrogens with one attached hydrogen (secondary N) is 2. The minimum atomic E-state index is 0.402. The monoisotopic (exact) mass is 550 g/mol. The quantitative estimate of drug-likeness (QED) is 0.234. The van der Waals surface area contributed by atoms with Gasteiger partial charge in [0.15, 0.2) is 16.7 Å². The fraction of sp³-hybridized carbons (Fsp3) is 0.0800. The molecule has 0 aliphatic rings. The molecule has 2 aromatic heterocycles. The molecule has 0 aliphatic carbocycles. The van der Waals surface area contributed by atoms with Crippen LogP contribution >= 0.6 is 39.7 Å². The van der Waals surface area contributed by atoms with Gasteiger partial charge in [-0.05, 0) is 56.1 Å². The number of thiocarbonyl (C=S) groups is 1. The molecule has 0 amide bonds. The van der Waals surface area contributed by atoms with Crippen molar-refractivity contribution >= 4 is 67.3 Å². The Morgan fingerprint density at radius 1 is 0.853 bits per heavy atom. The van der Waals surface area contributed by atoms with Gasteiger partial charge in [-0.1, -0.05) is 72.3 Å². The Kier molecular flexibility index (Phi) is 6.62. The van der Waals surface area contributed by atoms with Gasteiger partial charge in [0.05, 0.1) is 17.6 Å². The highest BCUT2D eigenvalue weighted by atomic mass is 79.9. The molecule has 0 fully saturated rings. The number of aromatic nitrogens is 4. The molecule has 0 spiro atoms. The predicted molar refractivity (Wildman–Crippen MR) is 146 cm³/mol. The van der Waals surface area contributed by atoms with E-state index in [0.29, 0.717) is 34.9 Å². The summed E-state index contributed by atoms with van der Waals surface area (Å²) in [4.78, 5) is 0. The summed E-state index contributed by atoms with van der Waals surface area (Å²) in [6.07, 6.45) is 3.81. The van der Waals surface area contributed by atoms with Crippen molar-refractivity contribution in [2.75, 3.05) is 10.6 Å². The lowest BCUT2D eigenvalue weighted by Gasteiger charge is -2.08. The molecule has 0 radical (unpaired) electrons. The number of hydrogen-bond acceptors (Lipinski definition) is 3. The Labute approximate surface area is 215 Å². The van der Waals surface area contributed by atoms with Crippen LogP contribution in [0.5, 0.6) is 0 Å². The van der Waals surface area contributed by atoms with E-state index in [0.717, 1.165) is 10.0 Å². The van der Waals surface area contributed by atoms with Crippen LogP contribution in [-0.2, 0) is 13.1 Å². The first-order chi connectivity index (χ1) is 16.5. The molecule has 2 N–H and O–H groups in total. The Bertz CT molecular complexity index is 1470. The van der Waals surface area contributed by atoms with Crippen LogP contribution in [0.2, 0.25) is 5.02 Å². The molecular weight excluding hydrogens is 532 g/mol. The van der Waals surface area contributed by atoms with Crippen LogP contribution in [0, 0.1) is 0 Å². The van der Waals surface area contributed by atoms with E-state index in [2.05, 4.69) is 73.2 Å². The molecule has 0 saturated heterocycles. The zero-order chi connectivity index (χ0) is 23.5. The normalized spacial score (nSPS) is 11.0. The molecule has 9 heteroatoms. The van der Waals surface area contributed by atoms with Crippen molar-refractivity contribution in [3.63, 3.8) is 0 Å². The molecule has 0 aliphatic heterocycles. The van der Waals surface area contributed by atoms with Crippen molar-refractivity contribution in [2.24, 2.45) is 0 Å². The second-order valence-corrected chi connectivity index (χ2v) is 9.40. The Hall–Kier alpha value is -3.20. The van der Waals surface area contributed by atoms with E-state index in [-0.39, 0.29) is 0 Å². The second-order valence-electron chi connectivity index (χ2n) is 7.73. The van der Waals surface area contributed by atoms with E-state index < -0.39 is 0 Å². The Morgan fingerprint density at radius 2 is 1.59 bits per heavy atom.